The van der Waals surface area contributed by atoms with Crippen LogP contribution in [0.5, 0.6) is 0 Å². The lowest BCUT2D eigenvalue weighted by Gasteiger charge is -2.12. The van der Waals surface area contributed by atoms with Crippen molar-refractivity contribution in [3.63, 3.8) is 0 Å². The van der Waals surface area contributed by atoms with Gasteiger partial charge in [0.1, 0.15) is 0 Å². The Bertz CT molecular complexity index is 287. The van der Waals surface area contributed by atoms with E-state index in [1.165, 1.54) is 8.66 Å². The summed E-state index contributed by atoms with van der Waals surface area (Å²) in [6, 6.07) is 4.68. The Morgan fingerprint density at radius 1 is 1.62 bits per heavy atom. The fraction of sp³-hybridized carbons (Fsp3) is 0.556. The van der Waals surface area contributed by atoms with Gasteiger partial charge in [-0.15, -0.1) is 11.3 Å². The van der Waals surface area contributed by atoms with Crippen molar-refractivity contribution in [1.29, 1.82) is 0 Å². The van der Waals surface area contributed by atoms with Gasteiger partial charge >= 0.3 is 0 Å². The molecule has 1 saturated heterocycles. The molecule has 1 atom stereocenters. The van der Waals surface area contributed by atoms with E-state index in [4.69, 9.17) is 5.73 Å². The number of hydrogen-bond donors (Lipinski definition) is 1. The summed E-state index contributed by atoms with van der Waals surface area (Å²) in [5.74, 6) is 0. The predicted octanol–water partition coefficient (Wildman–Crippen LogP) is 2.04. The van der Waals surface area contributed by atoms with Gasteiger partial charge in [0.15, 0.2) is 0 Å². The first-order valence-electron chi connectivity index (χ1n) is 4.46. The molecule has 0 saturated carbocycles. The van der Waals surface area contributed by atoms with E-state index in [9.17, 15) is 0 Å². The van der Waals surface area contributed by atoms with Gasteiger partial charge in [0.05, 0.1) is 3.79 Å². The molecule has 2 heterocycles. The second-order valence-electron chi connectivity index (χ2n) is 3.49. The minimum absolute atomic E-state index is 0.392. The number of hydrogen-bond acceptors (Lipinski definition) is 3. The normalized spacial score (nSPS) is 24.0. The van der Waals surface area contributed by atoms with E-state index >= 15 is 0 Å². The van der Waals surface area contributed by atoms with Crippen LogP contribution in [0.25, 0.3) is 0 Å². The van der Waals surface area contributed by atoms with Crippen molar-refractivity contribution >= 4 is 27.3 Å². The average Bonchev–Trinajstić information content (AvgIpc) is 2.62. The molecule has 2 nitrogen and oxygen atoms in total. The third-order valence-electron chi connectivity index (χ3n) is 2.32. The molecular formula is C9H13BrN2S. The standard InChI is InChI=1S/C9H13BrN2S/c10-9-2-1-8(13-9)6-12-4-3-7(11)5-12/h1-2,7H,3-6,11H2. The fourth-order valence-electron chi connectivity index (χ4n) is 1.66. The van der Waals surface area contributed by atoms with Crippen LogP contribution in [0, 0.1) is 0 Å². The predicted molar refractivity (Wildman–Crippen MR) is 59.9 cm³/mol. The number of halogens is 1. The van der Waals surface area contributed by atoms with Crippen molar-refractivity contribution in [2.75, 3.05) is 13.1 Å². The lowest BCUT2D eigenvalue weighted by Crippen LogP contribution is -2.25. The molecule has 72 valence electrons. The van der Waals surface area contributed by atoms with Gasteiger partial charge in [-0.25, -0.2) is 0 Å². The smallest absolute Gasteiger partial charge is 0.0701 e. The minimum Gasteiger partial charge on any atom is -0.326 e. The molecule has 0 amide bonds. The van der Waals surface area contributed by atoms with Gasteiger partial charge in [-0.2, -0.15) is 0 Å². The third-order valence-corrected chi connectivity index (χ3v) is 3.93. The third kappa shape index (κ3) is 2.53. The minimum atomic E-state index is 0.392. The Hall–Kier alpha value is 0.1000. The number of rotatable bonds is 2. The summed E-state index contributed by atoms with van der Waals surface area (Å²) >= 11 is 5.28. The summed E-state index contributed by atoms with van der Waals surface area (Å²) in [6.07, 6.45) is 1.15. The van der Waals surface area contributed by atoms with Gasteiger partial charge in [0.2, 0.25) is 0 Å². The molecule has 4 heteroatoms. The van der Waals surface area contributed by atoms with E-state index in [2.05, 4.69) is 33.0 Å². The molecule has 0 radical (unpaired) electrons. The molecule has 0 aromatic carbocycles. The fourth-order valence-corrected chi connectivity index (χ4v) is 3.19. The maximum atomic E-state index is 5.84. The van der Waals surface area contributed by atoms with Gasteiger partial charge in [-0.05, 0) is 34.5 Å². The second-order valence-corrected chi connectivity index (χ2v) is 6.04. The van der Waals surface area contributed by atoms with Gasteiger partial charge < -0.3 is 5.73 Å². The summed E-state index contributed by atoms with van der Waals surface area (Å²) in [5.41, 5.74) is 5.84. The molecule has 13 heavy (non-hydrogen) atoms. The molecule has 1 aromatic rings. The van der Waals surface area contributed by atoms with Gasteiger partial charge in [0.25, 0.3) is 0 Å². The molecule has 0 aliphatic carbocycles. The van der Waals surface area contributed by atoms with E-state index in [1.54, 1.807) is 0 Å². The van der Waals surface area contributed by atoms with Crippen LogP contribution in [0.3, 0.4) is 0 Å². The molecule has 2 rings (SSSR count). The maximum absolute atomic E-state index is 5.84. The van der Waals surface area contributed by atoms with Crippen LogP contribution in [0.2, 0.25) is 0 Å². The highest BCUT2D eigenvalue weighted by molar-refractivity contribution is 9.11. The number of thiophene rings is 1. The number of nitrogens with zero attached hydrogens (tertiary/aromatic N) is 1. The largest absolute Gasteiger partial charge is 0.326 e. The van der Waals surface area contributed by atoms with Crippen LogP contribution in [0.15, 0.2) is 15.9 Å². The summed E-state index contributed by atoms with van der Waals surface area (Å²) in [4.78, 5) is 3.84. The van der Waals surface area contributed by atoms with Crippen LogP contribution in [0.4, 0.5) is 0 Å². The van der Waals surface area contributed by atoms with Gasteiger partial charge in [-0.3, -0.25) is 4.90 Å². The topological polar surface area (TPSA) is 29.3 Å². The monoisotopic (exact) mass is 260 g/mol. The number of nitrogens with two attached hydrogens (primary N) is 1. The van der Waals surface area contributed by atoms with E-state index < -0.39 is 0 Å². The quantitative estimate of drug-likeness (QED) is 0.882. The van der Waals surface area contributed by atoms with E-state index in [0.29, 0.717) is 6.04 Å². The Kier molecular flexibility index (Phi) is 3.03. The lowest BCUT2D eigenvalue weighted by atomic mass is 10.3. The van der Waals surface area contributed by atoms with Crippen molar-refractivity contribution in [2.45, 2.75) is 19.0 Å². The van der Waals surface area contributed by atoms with Gasteiger partial charge in [-0.1, -0.05) is 0 Å². The SMILES string of the molecule is NC1CCN(Cc2ccc(Br)s2)C1. The second kappa shape index (κ2) is 4.09. The average molecular weight is 261 g/mol. The molecule has 1 aliphatic rings. The molecular weight excluding hydrogens is 248 g/mol. The van der Waals surface area contributed by atoms with Crippen LogP contribution in [0.1, 0.15) is 11.3 Å². The van der Waals surface area contributed by atoms with Crippen LogP contribution >= 0.6 is 27.3 Å². The van der Waals surface area contributed by atoms with E-state index in [0.717, 1.165) is 26.1 Å². The van der Waals surface area contributed by atoms with Crippen molar-refractivity contribution in [2.24, 2.45) is 5.73 Å². The summed E-state index contributed by atoms with van der Waals surface area (Å²) in [7, 11) is 0. The zero-order chi connectivity index (χ0) is 9.26. The molecule has 1 aromatic heterocycles. The lowest BCUT2D eigenvalue weighted by molar-refractivity contribution is 0.330. The first-order valence-corrected chi connectivity index (χ1v) is 6.07. The zero-order valence-electron chi connectivity index (χ0n) is 7.37. The van der Waals surface area contributed by atoms with Crippen molar-refractivity contribution in [3.8, 4) is 0 Å². The Morgan fingerprint density at radius 3 is 3.00 bits per heavy atom. The summed E-state index contributed by atoms with van der Waals surface area (Å²) in [6.45, 7) is 3.26. The van der Waals surface area contributed by atoms with E-state index in [-0.39, 0.29) is 0 Å². The molecule has 2 N–H and O–H groups in total. The van der Waals surface area contributed by atoms with Crippen molar-refractivity contribution < 1.29 is 0 Å². The Balaban J connectivity index is 1.91. The maximum Gasteiger partial charge on any atom is 0.0701 e. The molecule has 1 unspecified atom stereocenters. The highest BCUT2D eigenvalue weighted by Gasteiger charge is 2.19. The summed E-state index contributed by atoms with van der Waals surface area (Å²) < 4.78 is 1.21. The van der Waals surface area contributed by atoms with Crippen molar-refractivity contribution in [1.82, 2.24) is 4.90 Å². The molecule has 0 spiro atoms. The first kappa shape index (κ1) is 9.65. The highest BCUT2D eigenvalue weighted by atomic mass is 79.9. The zero-order valence-corrected chi connectivity index (χ0v) is 9.77. The van der Waals surface area contributed by atoms with Crippen LogP contribution in [-0.4, -0.2) is 24.0 Å². The Labute approximate surface area is 90.9 Å². The first-order chi connectivity index (χ1) is 6.24. The molecule has 0 bridgehead atoms. The highest BCUT2D eigenvalue weighted by Crippen LogP contribution is 2.24. The Morgan fingerprint density at radius 2 is 2.46 bits per heavy atom. The number of likely N-dealkylation sites (tertiary alicyclic amines) is 1. The molecule has 1 aliphatic heterocycles. The van der Waals surface area contributed by atoms with Crippen molar-refractivity contribution in [3.05, 3.63) is 20.8 Å². The van der Waals surface area contributed by atoms with E-state index in [1.807, 2.05) is 11.3 Å². The van der Waals surface area contributed by atoms with Crippen LogP contribution in [-0.2, 0) is 6.54 Å². The van der Waals surface area contributed by atoms with Crippen LogP contribution < -0.4 is 5.73 Å². The summed E-state index contributed by atoms with van der Waals surface area (Å²) in [5, 5.41) is 0. The molecule has 1 fully saturated rings. The van der Waals surface area contributed by atoms with Gasteiger partial charge in [0, 0.05) is 30.6 Å².